The van der Waals surface area contributed by atoms with Crippen molar-refractivity contribution in [2.24, 2.45) is 5.41 Å². The minimum atomic E-state index is -0.159. The highest BCUT2D eigenvalue weighted by Gasteiger charge is 2.34. The van der Waals surface area contributed by atoms with E-state index >= 15 is 0 Å². The molecule has 1 aromatic heterocycles. The molecule has 1 aliphatic heterocycles. The Morgan fingerprint density at radius 2 is 2.19 bits per heavy atom. The summed E-state index contributed by atoms with van der Waals surface area (Å²) in [5, 5.41) is 6.50. The van der Waals surface area contributed by atoms with Gasteiger partial charge in [0.2, 0.25) is 5.91 Å². The number of Topliss-reactive ketones (excluding diaryl/α,β-unsaturated/α-hetero) is 1. The van der Waals surface area contributed by atoms with Crippen molar-refractivity contribution in [1.29, 1.82) is 0 Å². The molecule has 2 aliphatic rings. The predicted molar refractivity (Wildman–Crippen MR) is 88.7 cm³/mol. The third kappa shape index (κ3) is 3.59. The number of amides is 1. The average molecular weight is 348 g/mol. The summed E-state index contributed by atoms with van der Waals surface area (Å²) in [4.78, 5) is 29.3. The summed E-state index contributed by atoms with van der Waals surface area (Å²) < 4.78 is 0. The fraction of sp³-hybridized carbons (Fsp3) is 0.615. The smallest absolute Gasteiger partial charge is 0.244 e. The summed E-state index contributed by atoms with van der Waals surface area (Å²) in [5.41, 5.74) is 0.795. The first-order valence-corrected chi connectivity index (χ1v) is 8.57. The Labute approximate surface area is 138 Å². The van der Waals surface area contributed by atoms with Gasteiger partial charge in [0, 0.05) is 18.1 Å². The van der Waals surface area contributed by atoms with Crippen molar-refractivity contribution in [3.8, 4) is 0 Å². The standard InChI is InChI=1S/C13H17N3O2S2.ClH/c1-13(2)3-7-10(9(17)4-13)20-12(15-7)16-11(18)8-5-19-6-14-8;/h8,14H,3-6H2,1-2H3,(H,15,16,18);1H. The van der Waals surface area contributed by atoms with Gasteiger partial charge in [-0.3, -0.25) is 14.9 Å². The number of hydrogen-bond donors (Lipinski definition) is 2. The van der Waals surface area contributed by atoms with Crippen LogP contribution in [-0.2, 0) is 11.2 Å². The molecule has 5 nitrogen and oxygen atoms in total. The number of aromatic nitrogens is 1. The van der Waals surface area contributed by atoms with Crippen LogP contribution >= 0.6 is 35.5 Å². The van der Waals surface area contributed by atoms with Crippen molar-refractivity contribution in [3.05, 3.63) is 10.6 Å². The van der Waals surface area contributed by atoms with Gasteiger partial charge in [0.1, 0.15) is 0 Å². The molecule has 1 amide bonds. The SMILES string of the molecule is CC1(C)CC(=O)c2sc(NC(=O)C3CSCN3)nc2C1.Cl. The first-order chi connectivity index (χ1) is 9.44. The van der Waals surface area contributed by atoms with E-state index in [0.717, 1.165) is 23.7 Å². The molecule has 1 unspecified atom stereocenters. The fourth-order valence-electron chi connectivity index (χ4n) is 2.53. The molecule has 0 spiro atoms. The molecule has 2 N–H and O–H groups in total. The Balaban J connectivity index is 0.00000161. The van der Waals surface area contributed by atoms with Crippen LogP contribution in [0.15, 0.2) is 0 Å². The zero-order chi connectivity index (χ0) is 14.3. The molecule has 1 saturated heterocycles. The van der Waals surface area contributed by atoms with Gasteiger partial charge in [-0.05, 0) is 11.8 Å². The number of halogens is 1. The zero-order valence-corrected chi connectivity index (χ0v) is 14.3. The van der Waals surface area contributed by atoms with E-state index in [2.05, 4.69) is 29.5 Å². The van der Waals surface area contributed by atoms with Gasteiger partial charge in [0.15, 0.2) is 10.9 Å². The number of nitrogens with one attached hydrogen (secondary N) is 2. The molecular formula is C13H18ClN3O2S2. The van der Waals surface area contributed by atoms with E-state index in [4.69, 9.17) is 0 Å². The largest absolute Gasteiger partial charge is 0.301 e. The Morgan fingerprint density at radius 3 is 2.86 bits per heavy atom. The summed E-state index contributed by atoms with van der Waals surface area (Å²) in [6.07, 6.45) is 1.34. The maximum atomic E-state index is 12.1. The van der Waals surface area contributed by atoms with Gasteiger partial charge >= 0.3 is 0 Å². The molecule has 1 aliphatic carbocycles. The maximum absolute atomic E-state index is 12.1. The molecule has 0 bridgehead atoms. The number of carbonyl (C=O) groups excluding carboxylic acids is 2. The number of thioether (sulfide) groups is 1. The van der Waals surface area contributed by atoms with E-state index in [9.17, 15) is 9.59 Å². The molecule has 1 fully saturated rings. The molecule has 2 heterocycles. The van der Waals surface area contributed by atoms with E-state index in [0.29, 0.717) is 16.4 Å². The van der Waals surface area contributed by atoms with Crippen LogP contribution < -0.4 is 10.6 Å². The second kappa shape index (κ2) is 6.24. The highest BCUT2D eigenvalue weighted by molar-refractivity contribution is 7.99. The number of rotatable bonds is 2. The zero-order valence-electron chi connectivity index (χ0n) is 11.9. The third-order valence-electron chi connectivity index (χ3n) is 3.50. The monoisotopic (exact) mass is 347 g/mol. The van der Waals surface area contributed by atoms with Crippen LogP contribution in [0.4, 0.5) is 5.13 Å². The Kier molecular flexibility index (Phi) is 4.97. The van der Waals surface area contributed by atoms with Gasteiger partial charge in [-0.2, -0.15) is 0 Å². The van der Waals surface area contributed by atoms with Crippen LogP contribution in [-0.4, -0.2) is 34.3 Å². The number of nitrogens with zero attached hydrogens (tertiary/aromatic N) is 1. The van der Waals surface area contributed by atoms with E-state index in [1.165, 1.54) is 11.3 Å². The summed E-state index contributed by atoms with van der Waals surface area (Å²) in [6.45, 7) is 4.15. The lowest BCUT2D eigenvalue weighted by Crippen LogP contribution is -2.37. The second-order valence-corrected chi connectivity index (χ2v) is 8.03. The number of fused-ring (bicyclic) bond motifs is 1. The summed E-state index contributed by atoms with van der Waals surface area (Å²) in [6, 6.07) is -0.159. The Bertz CT molecular complexity index is 568. The number of ketones is 1. The lowest BCUT2D eigenvalue weighted by Gasteiger charge is -2.26. The van der Waals surface area contributed by atoms with Crippen LogP contribution in [0.1, 0.15) is 35.6 Å². The van der Waals surface area contributed by atoms with Crippen LogP contribution in [0.3, 0.4) is 0 Å². The first kappa shape index (κ1) is 16.7. The molecular weight excluding hydrogens is 330 g/mol. The van der Waals surface area contributed by atoms with Crippen molar-refractivity contribution in [1.82, 2.24) is 10.3 Å². The van der Waals surface area contributed by atoms with E-state index in [-0.39, 0.29) is 35.6 Å². The normalized spacial score (nSPS) is 23.3. The molecule has 116 valence electrons. The number of anilines is 1. The lowest BCUT2D eigenvalue weighted by atomic mass is 9.78. The quantitative estimate of drug-likeness (QED) is 0.859. The Hall–Kier alpha value is -0.630. The summed E-state index contributed by atoms with van der Waals surface area (Å²) in [7, 11) is 0. The molecule has 0 radical (unpaired) electrons. The van der Waals surface area contributed by atoms with Gasteiger partial charge in [-0.15, -0.1) is 24.2 Å². The topological polar surface area (TPSA) is 71.1 Å². The highest BCUT2D eigenvalue weighted by Crippen LogP contribution is 2.38. The Morgan fingerprint density at radius 1 is 1.43 bits per heavy atom. The number of hydrogen-bond acceptors (Lipinski definition) is 6. The lowest BCUT2D eigenvalue weighted by molar-refractivity contribution is -0.117. The molecule has 3 rings (SSSR count). The average Bonchev–Trinajstić information content (AvgIpc) is 2.95. The number of carbonyl (C=O) groups is 2. The van der Waals surface area contributed by atoms with Crippen molar-refractivity contribution >= 4 is 52.3 Å². The van der Waals surface area contributed by atoms with Crippen LogP contribution in [0.25, 0.3) is 0 Å². The highest BCUT2D eigenvalue weighted by atomic mass is 35.5. The molecule has 0 aromatic carbocycles. The van der Waals surface area contributed by atoms with E-state index in [1.54, 1.807) is 11.8 Å². The van der Waals surface area contributed by atoms with Crippen molar-refractivity contribution < 1.29 is 9.59 Å². The van der Waals surface area contributed by atoms with Gasteiger partial charge in [-0.25, -0.2) is 4.98 Å². The van der Waals surface area contributed by atoms with Crippen molar-refractivity contribution in [3.63, 3.8) is 0 Å². The van der Waals surface area contributed by atoms with Gasteiger partial charge in [-0.1, -0.05) is 25.2 Å². The minimum absolute atomic E-state index is 0. The molecule has 21 heavy (non-hydrogen) atoms. The maximum Gasteiger partial charge on any atom is 0.244 e. The van der Waals surface area contributed by atoms with E-state index < -0.39 is 0 Å². The van der Waals surface area contributed by atoms with Crippen molar-refractivity contribution in [2.75, 3.05) is 16.9 Å². The minimum Gasteiger partial charge on any atom is -0.301 e. The second-order valence-electron chi connectivity index (χ2n) is 6.00. The van der Waals surface area contributed by atoms with Gasteiger partial charge < -0.3 is 5.32 Å². The molecule has 8 heteroatoms. The molecule has 1 atom stereocenters. The van der Waals surface area contributed by atoms with Crippen molar-refractivity contribution in [2.45, 2.75) is 32.7 Å². The summed E-state index contributed by atoms with van der Waals surface area (Å²) >= 11 is 3.01. The molecule has 1 aromatic rings. The fourth-order valence-corrected chi connectivity index (χ4v) is 4.39. The van der Waals surface area contributed by atoms with Gasteiger partial charge in [0.25, 0.3) is 0 Å². The van der Waals surface area contributed by atoms with Crippen LogP contribution in [0, 0.1) is 5.41 Å². The van der Waals surface area contributed by atoms with Crippen LogP contribution in [0.2, 0.25) is 0 Å². The van der Waals surface area contributed by atoms with E-state index in [1.807, 2.05) is 0 Å². The first-order valence-electron chi connectivity index (χ1n) is 6.59. The predicted octanol–water partition coefficient (Wildman–Crippen LogP) is 2.32. The summed E-state index contributed by atoms with van der Waals surface area (Å²) in [5.74, 6) is 1.67. The number of thiazole rings is 1. The van der Waals surface area contributed by atoms with Gasteiger partial charge in [0.05, 0.1) is 16.6 Å². The molecule has 0 saturated carbocycles. The van der Waals surface area contributed by atoms with Crippen LogP contribution in [0.5, 0.6) is 0 Å². The third-order valence-corrected chi connectivity index (χ3v) is 5.49.